The largest absolute Gasteiger partial charge is 0.354 e. The predicted octanol–water partition coefficient (Wildman–Crippen LogP) is 3.58. The van der Waals surface area contributed by atoms with Gasteiger partial charge in [-0.2, -0.15) is 0 Å². The molecule has 8 nitrogen and oxygen atoms in total. The molecule has 0 bridgehead atoms. The first kappa shape index (κ1) is 20.4. The lowest BCUT2D eigenvalue weighted by Gasteiger charge is -2.10. The van der Waals surface area contributed by atoms with Gasteiger partial charge in [0, 0.05) is 18.4 Å². The zero-order valence-corrected chi connectivity index (χ0v) is 16.6. The lowest BCUT2D eigenvalue weighted by molar-refractivity contribution is 0.0943. The van der Waals surface area contributed by atoms with E-state index in [1.54, 1.807) is 42.5 Å². The van der Waals surface area contributed by atoms with Crippen LogP contribution in [0.4, 0.5) is 11.4 Å². The SMILES string of the molecule is CNC(=O)c1nc[nH]c1C(=O)Nc1ccc(NC(=O)c2c(Cl)cccc2Cl)cc1. The Kier molecular flexibility index (Phi) is 6.16. The Hall–Kier alpha value is -3.36. The van der Waals surface area contributed by atoms with Gasteiger partial charge in [-0.25, -0.2) is 4.98 Å². The summed E-state index contributed by atoms with van der Waals surface area (Å²) in [5.74, 6) is -1.46. The summed E-state index contributed by atoms with van der Waals surface area (Å²) in [6.45, 7) is 0. The number of rotatable bonds is 5. The number of aromatic nitrogens is 2. The molecule has 148 valence electrons. The van der Waals surface area contributed by atoms with Gasteiger partial charge in [-0.1, -0.05) is 29.3 Å². The van der Waals surface area contributed by atoms with Crippen LogP contribution in [0.5, 0.6) is 0 Å². The van der Waals surface area contributed by atoms with Crippen LogP contribution < -0.4 is 16.0 Å². The number of anilines is 2. The molecule has 0 unspecified atom stereocenters. The number of hydrogen-bond donors (Lipinski definition) is 4. The third-order valence-corrected chi connectivity index (χ3v) is 4.53. The fraction of sp³-hybridized carbons (Fsp3) is 0.0526. The van der Waals surface area contributed by atoms with E-state index >= 15 is 0 Å². The first-order valence-corrected chi connectivity index (χ1v) is 9.08. The molecule has 0 saturated heterocycles. The number of H-pyrrole nitrogens is 1. The van der Waals surface area contributed by atoms with Gasteiger partial charge >= 0.3 is 0 Å². The molecule has 0 aliphatic carbocycles. The minimum atomic E-state index is -0.527. The van der Waals surface area contributed by atoms with Crippen molar-refractivity contribution >= 4 is 52.3 Å². The maximum absolute atomic E-state index is 12.4. The second-order valence-electron chi connectivity index (χ2n) is 5.79. The number of nitrogens with zero attached hydrogens (tertiary/aromatic N) is 1. The van der Waals surface area contributed by atoms with Crippen LogP contribution in [0.3, 0.4) is 0 Å². The van der Waals surface area contributed by atoms with Crippen molar-refractivity contribution in [1.82, 2.24) is 15.3 Å². The fourth-order valence-electron chi connectivity index (χ4n) is 2.50. The van der Waals surface area contributed by atoms with Gasteiger partial charge in [-0.15, -0.1) is 0 Å². The van der Waals surface area contributed by atoms with Crippen LogP contribution in [0.15, 0.2) is 48.8 Å². The molecule has 0 atom stereocenters. The van der Waals surface area contributed by atoms with Gasteiger partial charge in [0.15, 0.2) is 5.69 Å². The number of benzene rings is 2. The second-order valence-corrected chi connectivity index (χ2v) is 6.60. The van der Waals surface area contributed by atoms with Crippen LogP contribution in [0.1, 0.15) is 31.3 Å². The Morgan fingerprint density at radius 2 is 1.41 bits per heavy atom. The topological polar surface area (TPSA) is 116 Å². The minimum absolute atomic E-state index is 0.00879. The standard InChI is InChI=1S/C19H15Cl2N5O3/c1-22-18(28)15-16(24-9-23-15)19(29)26-11-7-5-10(6-8-11)25-17(27)14-12(20)3-2-4-13(14)21/h2-9H,1H3,(H,22,28)(H,23,24)(H,25,27)(H,26,29). The van der Waals surface area contributed by atoms with Crippen molar-refractivity contribution in [2.24, 2.45) is 0 Å². The zero-order chi connectivity index (χ0) is 21.0. The van der Waals surface area contributed by atoms with Gasteiger partial charge in [-0.3, -0.25) is 14.4 Å². The molecule has 1 aromatic heterocycles. The first-order chi connectivity index (χ1) is 13.9. The molecule has 29 heavy (non-hydrogen) atoms. The third-order valence-electron chi connectivity index (χ3n) is 3.90. The maximum Gasteiger partial charge on any atom is 0.274 e. The molecule has 10 heteroatoms. The van der Waals surface area contributed by atoms with Gasteiger partial charge < -0.3 is 20.9 Å². The summed E-state index contributed by atoms with van der Waals surface area (Å²) in [4.78, 5) is 43.0. The summed E-state index contributed by atoms with van der Waals surface area (Å²) in [5.41, 5.74) is 1.15. The van der Waals surface area contributed by atoms with Crippen LogP contribution in [0, 0.1) is 0 Å². The van der Waals surface area contributed by atoms with E-state index in [1.165, 1.54) is 13.4 Å². The number of nitrogens with one attached hydrogen (secondary N) is 4. The summed E-state index contributed by atoms with van der Waals surface area (Å²) in [5, 5.41) is 8.23. The smallest absolute Gasteiger partial charge is 0.274 e. The molecule has 0 aliphatic rings. The number of carbonyl (C=O) groups excluding carboxylic acids is 3. The van der Waals surface area contributed by atoms with Crippen molar-refractivity contribution in [3.05, 3.63) is 75.8 Å². The Labute approximate surface area is 175 Å². The minimum Gasteiger partial charge on any atom is -0.354 e. The highest BCUT2D eigenvalue weighted by Gasteiger charge is 2.19. The molecule has 3 aromatic rings. The highest BCUT2D eigenvalue weighted by atomic mass is 35.5. The van der Waals surface area contributed by atoms with E-state index in [1.807, 2.05) is 0 Å². The molecular weight excluding hydrogens is 417 g/mol. The molecule has 0 spiro atoms. The number of imidazole rings is 1. The molecular formula is C19H15Cl2N5O3. The summed E-state index contributed by atoms with van der Waals surface area (Å²) < 4.78 is 0. The van der Waals surface area contributed by atoms with E-state index < -0.39 is 17.7 Å². The van der Waals surface area contributed by atoms with E-state index in [0.717, 1.165) is 0 Å². The van der Waals surface area contributed by atoms with Crippen molar-refractivity contribution in [2.45, 2.75) is 0 Å². The quantitative estimate of drug-likeness (QED) is 0.493. The third kappa shape index (κ3) is 4.56. The van der Waals surface area contributed by atoms with E-state index in [0.29, 0.717) is 11.4 Å². The maximum atomic E-state index is 12.4. The molecule has 0 fully saturated rings. The Bertz CT molecular complexity index is 1060. The molecule has 4 N–H and O–H groups in total. The van der Waals surface area contributed by atoms with Crippen molar-refractivity contribution < 1.29 is 14.4 Å². The van der Waals surface area contributed by atoms with Crippen LogP contribution >= 0.6 is 23.2 Å². The molecule has 2 aromatic carbocycles. The number of carbonyl (C=O) groups is 3. The Morgan fingerprint density at radius 1 is 0.862 bits per heavy atom. The van der Waals surface area contributed by atoms with Crippen molar-refractivity contribution in [3.63, 3.8) is 0 Å². The van der Waals surface area contributed by atoms with Gasteiger partial charge in [0.05, 0.1) is 21.9 Å². The van der Waals surface area contributed by atoms with E-state index in [9.17, 15) is 14.4 Å². The van der Waals surface area contributed by atoms with Crippen molar-refractivity contribution in [1.29, 1.82) is 0 Å². The number of amides is 3. The number of aromatic amines is 1. The van der Waals surface area contributed by atoms with Gasteiger partial charge in [-0.05, 0) is 36.4 Å². The van der Waals surface area contributed by atoms with Gasteiger partial charge in [0.2, 0.25) is 0 Å². The van der Waals surface area contributed by atoms with E-state index in [-0.39, 0.29) is 27.0 Å². The van der Waals surface area contributed by atoms with Crippen molar-refractivity contribution in [2.75, 3.05) is 17.7 Å². The van der Waals surface area contributed by atoms with E-state index in [4.69, 9.17) is 23.2 Å². The number of halogens is 2. The summed E-state index contributed by atoms with van der Waals surface area (Å²) >= 11 is 12.1. The van der Waals surface area contributed by atoms with E-state index in [2.05, 4.69) is 25.9 Å². The first-order valence-electron chi connectivity index (χ1n) is 8.33. The summed E-state index contributed by atoms with van der Waals surface area (Å²) in [7, 11) is 1.45. The predicted molar refractivity (Wildman–Crippen MR) is 111 cm³/mol. The second kappa shape index (κ2) is 8.76. The average Bonchev–Trinajstić information content (AvgIpc) is 3.19. The Morgan fingerprint density at radius 3 is 1.97 bits per heavy atom. The molecule has 3 amide bonds. The lowest BCUT2D eigenvalue weighted by atomic mass is 10.2. The van der Waals surface area contributed by atoms with Gasteiger partial charge in [0.1, 0.15) is 5.69 Å². The summed E-state index contributed by atoms with van der Waals surface area (Å²) in [6.07, 6.45) is 1.26. The molecule has 3 rings (SSSR count). The van der Waals surface area contributed by atoms with Crippen LogP contribution in [0.25, 0.3) is 0 Å². The summed E-state index contributed by atoms with van der Waals surface area (Å²) in [6, 6.07) is 11.2. The fourth-order valence-corrected chi connectivity index (χ4v) is 3.07. The lowest BCUT2D eigenvalue weighted by Crippen LogP contribution is -2.23. The van der Waals surface area contributed by atoms with Crippen LogP contribution in [-0.4, -0.2) is 34.7 Å². The molecule has 0 aliphatic heterocycles. The molecule has 1 heterocycles. The molecule has 0 radical (unpaired) electrons. The molecule has 0 saturated carbocycles. The Balaban J connectivity index is 1.69. The zero-order valence-electron chi connectivity index (χ0n) is 15.0. The highest BCUT2D eigenvalue weighted by molar-refractivity contribution is 6.40. The average molecular weight is 432 g/mol. The van der Waals surface area contributed by atoms with Gasteiger partial charge in [0.25, 0.3) is 17.7 Å². The monoisotopic (exact) mass is 431 g/mol. The van der Waals surface area contributed by atoms with Crippen LogP contribution in [0.2, 0.25) is 10.0 Å². The highest BCUT2D eigenvalue weighted by Crippen LogP contribution is 2.25. The van der Waals surface area contributed by atoms with Crippen LogP contribution in [-0.2, 0) is 0 Å². The normalized spacial score (nSPS) is 10.3. The van der Waals surface area contributed by atoms with Crippen molar-refractivity contribution in [3.8, 4) is 0 Å². The number of hydrogen-bond acceptors (Lipinski definition) is 4.